The predicted molar refractivity (Wildman–Crippen MR) is 48.3 cm³/mol. The largest absolute Gasteiger partial charge is 0.305 e. The highest BCUT2D eigenvalue weighted by atomic mass is 32.2. The molecule has 1 nitrogen and oxygen atoms in total. The van der Waals surface area contributed by atoms with Gasteiger partial charge >= 0.3 is 0 Å². The first-order valence-electron chi connectivity index (χ1n) is 3.89. The third-order valence-electron chi connectivity index (χ3n) is 1.62. The molecule has 1 rings (SSSR count). The minimum atomic E-state index is 0.733. The lowest BCUT2D eigenvalue weighted by atomic mass is 10.3. The predicted octanol–water partition coefficient (Wildman–Crippen LogP) is 2.01. The topological polar surface area (TPSA) is 12.0 Å². The number of thioether (sulfide) groups is 1. The van der Waals surface area contributed by atoms with Crippen LogP contribution in [0.15, 0.2) is 12.2 Å². The summed E-state index contributed by atoms with van der Waals surface area (Å²) in [7, 11) is 0. The second-order valence-corrected chi connectivity index (χ2v) is 3.77. The molecule has 0 radical (unpaired) electrons. The first-order chi connectivity index (χ1) is 4.93. The molecular formula is C8H15NS. The van der Waals surface area contributed by atoms with Gasteiger partial charge in [-0.1, -0.05) is 12.2 Å². The summed E-state index contributed by atoms with van der Waals surface area (Å²) in [5.41, 5.74) is 0. The van der Waals surface area contributed by atoms with Crippen LogP contribution >= 0.6 is 11.8 Å². The number of nitrogens with one attached hydrogen (secondary N) is 1. The molecule has 1 N–H and O–H groups in total. The quantitative estimate of drug-likeness (QED) is 0.629. The maximum Gasteiger partial charge on any atom is 0.0535 e. The minimum Gasteiger partial charge on any atom is -0.305 e. The van der Waals surface area contributed by atoms with Crippen LogP contribution < -0.4 is 5.32 Å². The highest BCUT2D eigenvalue weighted by Gasteiger charge is 2.12. The lowest BCUT2D eigenvalue weighted by molar-refractivity contribution is 0.666. The van der Waals surface area contributed by atoms with Crippen LogP contribution in [0.25, 0.3) is 0 Å². The highest BCUT2D eigenvalue weighted by molar-refractivity contribution is 8.00. The molecule has 58 valence electrons. The van der Waals surface area contributed by atoms with Crippen molar-refractivity contribution in [2.24, 2.45) is 0 Å². The second kappa shape index (κ2) is 4.80. The molecule has 1 atom stereocenters. The van der Waals surface area contributed by atoms with Crippen LogP contribution in [0.3, 0.4) is 0 Å². The van der Waals surface area contributed by atoms with Gasteiger partial charge in [-0.25, -0.2) is 0 Å². The zero-order chi connectivity index (χ0) is 7.23. The first-order valence-corrected chi connectivity index (χ1v) is 4.94. The number of hydrogen-bond acceptors (Lipinski definition) is 2. The van der Waals surface area contributed by atoms with Crippen LogP contribution in [-0.2, 0) is 0 Å². The van der Waals surface area contributed by atoms with Gasteiger partial charge in [0.15, 0.2) is 0 Å². The molecule has 1 saturated heterocycles. The van der Waals surface area contributed by atoms with Gasteiger partial charge in [0.25, 0.3) is 0 Å². The Morgan fingerprint density at radius 1 is 1.70 bits per heavy atom. The van der Waals surface area contributed by atoms with Crippen LogP contribution in [0, 0.1) is 0 Å². The van der Waals surface area contributed by atoms with Crippen molar-refractivity contribution in [1.29, 1.82) is 0 Å². The number of rotatable bonds is 3. The lowest BCUT2D eigenvalue weighted by Gasteiger charge is -2.05. The van der Waals surface area contributed by atoms with E-state index in [-0.39, 0.29) is 0 Å². The SMILES string of the molecule is CC=CCCC1NCCS1. The van der Waals surface area contributed by atoms with Gasteiger partial charge < -0.3 is 5.32 Å². The molecule has 0 saturated carbocycles. The van der Waals surface area contributed by atoms with Gasteiger partial charge in [-0.2, -0.15) is 0 Å². The van der Waals surface area contributed by atoms with Gasteiger partial charge in [-0.05, 0) is 19.8 Å². The summed E-state index contributed by atoms with van der Waals surface area (Å²) in [5, 5.41) is 4.18. The Kier molecular flexibility index (Phi) is 3.91. The fraction of sp³-hybridized carbons (Fsp3) is 0.750. The summed E-state index contributed by atoms with van der Waals surface area (Å²) in [4.78, 5) is 0. The lowest BCUT2D eigenvalue weighted by Crippen LogP contribution is -2.18. The number of hydrogen-bond donors (Lipinski definition) is 1. The van der Waals surface area contributed by atoms with E-state index in [0.717, 1.165) is 5.37 Å². The van der Waals surface area contributed by atoms with Crippen molar-refractivity contribution in [3.8, 4) is 0 Å². The Bertz CT molecular complexity index is 106. The second-order valence-electron chi connectivity index (χ2n) is 2.46. The average molecular weight is 157 g/mol. The van der Waals surface area contributed by atoms with E-state index >= 15 is 0 Å². The summed E-state index contributed by atoms with van der Waals surface area (Å²) >= 11 is 2.05. The van der Waals surface area contributed by atoms with E-state index < -0.39 is 0 Å². The van der Waals surface area contributed by atoms with Crippen molar-refractivity contribution < 1.29 is 0 Å². The van der Waals surface area contributed by atoms with Gasteiger partial charge in [-0.15, -0.1) is 11.8 Å². The van der Waals surface area contributed by atoms with Gasteiger partial charge in [0.2, 0.25) is 0 Å². The van der Waals surface area contributed by atoms with E-state index in [1.165, 1.54) is 25.1 Å². The molecule has 1 aliphatic heterocycles. The van der Waals surface area contributed by atoms with Gasteiger partial charge in [-0.3, -0.25) is 0 Å². The first kappa shape index (κ1) is 8.15. The molecule has 1 unspecified atom stereocenters. The Morgan fingerprint density at radius 2 is 2.60 bits per heavy atom. The van der Waals surface area contributed by atoms with Crippen LogP contribution in [0.5, 0.6) is 0 Å². The molecule has 0 amide bonds. The van der Waals surface area contributed by atoms with Crippen molar-refractivity contribution >= 4 is 11.8 Å². The fourth-order valence-corrected chi connectivity index (χ4v) is 2.14. The van der Waals surface area contributed by atoms with Crippen molar-refractivity contribution in [3.05, 3.63) is 12.2 Å². The normalized spacial score (nSPS) is 26.3. The van der Waals surface area contributed by atoms with Gasteiger partial charge in [0, 0.05) is 12.3 Å². The average Bonchev–Trinajstić information content (AvgIpc) is 2.41. The summed E-state index contributed by atoms with van der Waals surface area (Å²) in [5.74, 6) is 1.29. The van der Waals surface area contributed by atoms with Crippen molar-refractivity contribution in [2.45, 2.75) is 25.1 Å². The van der Waals surface area contributed by atoms with Crippen molar-refractivity contribution in [2.75, 3.05) is 12.3 Å². The van der Waals surface area contributed by atoms with Crippen molar-refractivity contribution in [1.82, 2.24) is 5.32 Å². The molecule has 0 bridgehead atoms. The summed E-state index contributed by atoms with van der Waals surface area (Å²) in [6.07, 6.45) is 6.87. The summed E-state index contributed by atoms with van der Waals surface area (Å²) in [6.45, 7) is 3.28. The molecular weight excluding hydrogens is 142 g/mol. The van der Waals surface area contributed by atoms with Crippen LogP contribution in [-0.4, -0.2) is 17.7 Å². The fourth-order valence-electron chi connectivity index (χ4n) is 1.08. The molecule has 10 heavy (non-hydrogen) atoms. The van der Waals surface area contributed by atoms with E-state index in [2.05, 4.69) is 24.4 Å². The maximum atomic E-state index is 3.44. The Hall–Kier alpha value is 0.0500. The summed E-state index contributed by atoms with van der Waals surface area (Å²) in [6, 6.07) is 0. The third kappa shape index (κ3) is 2.76. The number of allylic oxidation sites excluding steroid dienone is 2. The van der Waals surface area contributed by atoms with E-state index in [1.54, 1.807) is 0 Å². The minimum absolute atomic E-state index is 0.733. The Balaban J connectivity index is 2.01. The van der Waals surface area contributed by atoms with E-state index in [4.69, 9.17) is 0 Å². The Labute approximate surface area is 67.3 Å². The van der Waals surface area contributed by atoms with Crippen molar-refractivity contribution in [3.63, 3.8) is 0 Å². The molecule has 1 aliphatic rings. The zero-order valence-electron chi connectivity index (χ0n) is 6.47. The molecule has 2 heteroatoms. The zero-order valence-corrected chi connectivity index (χ0v) is 7.29. The molecule has 0 aliphatic carbocycles. The molecule has 0 aromatic carbocycles. The van der Waals surface area contributed by atoms with E-state index in [0.29, 0.717) is 0 Å². The molecule has 1 fully saturated rings. The summed E-state index contributed by atoms with van der Waals surface area (Å²) < 4.78 is 0. The Morgan fingerprint density at radius 3 is 3.20 bits per heavy atom. The molecule has 1 heterocycles. The smallest absolute Gasteiger partial charge is 0.0535 e. The molecule has 0 spiro atoms. The maximum absolute atomic E-state index is 3.44. The van der Waals surface area contributed by atoms with Gasteiger partial charge in [0.05, 0.1) is 5.37 Å². The standard InChI is InChI=1S/C8H15NS/c1-2-3-4-5-8-9-6-7-10-8/h2-3,8-9H,4-7H2,1H3. The van der Waals surface area contributed by atoms with E-state index in [9.17, 15) is 0 Å². The van der Waals surface area contributed by atoms with Gasteiger partial charge in [0.1, 0.15) is 0 Å². The third-order valence-corrected chi connectivity index (χ3v) is 2.87. The monoisotopic (exact) mass is 157 g/mol. The van der Waals surface area contributed by atoms with Crippen LogP contribution in [0.4, 0.5) is 0 Å². The highest BCUT2D eigenvalue weighted by Crippen LogP contribution is 2.18. The molecule has 0 aromatic rings. The molecule has 0 aromatic heterocycles. The van der Waals surface area contributed by atoms with Crippen LogP contribution in [0.1, 0.15) is 19.8 Å². The van der Waals surface area contributed by atoms with E-state index in [1.807, 2.05) is 11.8 Å². The van der Waals surface area contributed by atoms with Crippen LogP contribution in [0.2, 0.25) is 0 Å².